The number of nitrogens with zero attached hydrogens (tertiary/aromatic N) is 2. The average molecular weight is 334 g/mol. The van der Waals surface area contributed by atoms with Gasteiger partial charge in [-0.1, -0.05) is 13.0 Å². The highest BCUT2D eigenvalue weighted by Gasteiger charge is 2.35. The van der Waals surface area contributed by atoms with Crippen LogP contribution in [0.15, 0.2) is 28.1 Å². The van der Waals surface area contributed by atoms with Crippen molar-refractivity contribution in [1.82, 2.24) is 4.90 Å². The maximum atomic E-state index is 12.7. The van der Waals surface area contributed by atoms with Gasteiger partial charge in [0.05, 0.1) is 19.1 Å². The molecule has 1 amide bonds. The maximum absolute atomic E-state index is 12.7. The molecular weight excluding hydrogens is 312 g/mol. The van der Waals surface area contributed by atoms with Gasteiger partial charge in [0.1, 0.15) is 0 Å². The van der Waals surface area contributed by atoms with Crippen LogP contribution in [0.2, 0.25) is 0 Å². The van der Waals surface area contributed by atoms with E-state index in [1.165, 1.54) is 11.8 Å². The van der Waals surface area contributed by atoms with E-state index in [9.17, 15) is 4.79 Å². The van der Waals surface area contributed by atoms with Crippen LogP contribution in [0, 0.1) is 0 Å². The van der Waals surface area contributed by atoms with E-state index in [1.807, 2.05) is 31.2 Å². The molecule has 0 spiro atoms. The van der Waals surface area contributed by atoms with Crippen LogP contribution in [0.25, 0.3) is 6.08 Å². The third kappa shape index (κ3) is 3.52. The lowest BCUT2D eigenvalue weighted by Crippen LogP contribution is -2.37. The Morgan fingerprint density at radius 2 is 2.00 bits per heavy atom. The molecule has 1 fully saturated rings. The molecule has 0 N–H and O–H groups in total. The van der Waals surface area contributed by atoms with Gasteiger partial charge in [-0.2, -0.15) is 0 Å². The molecule has 2 rings (SSSR count). The van der Waals surface area contributed by atoms with Crippen molar-refractivity contribution in [1.29, 1.82) is 0 Å². The molecule has 1 aromatic rings. The Bertz CT molecular complexity index is 655. The van der Waals surface area contributed by atoms with Gasteiger partial charge in [0, 0.05) is 13.1 Å². The van der Waals surface area contributed by atoms with E-state index < -0.39 is 0 Å². The van der Waals surface area contributed by atoms with Gasteiger partial charge in [-0.15, -0.1) is 0 Å². The lowest BCUT2D eigenvalue weighted by molar-refractivity contribution is -0.123. The molecular formula is C17H22N2O3S. The summed E-state index contributed by atoms with van der Waals surface area (Å²) < 4.78 is 10.5. The lowest BCUT2D eigenvalue weighted by Gasteiger charge is -2.21. The molecule has 0 aromatic heterocycles. The summed E-state index contributed by atoms with van der Waals surface area (Å²) in [6.45, 7) is 4.09. The first kappa shape index (κ1) is 17.4. The minimum Gasteiger partial charge on any atom is -0.493 e. The van der Waals surface area contributed by atoms with E-state index in [1.54, 1.807) is 26.2 Å². The van der Waals surface area contributed by atoms with Crippen LogP contribution >= 0.6 is 11.8 Å². The molecule has 23 heavy (non-hydrogen) atoms. The molecule has 0 radical (unpaired) electrons. The third-order valence-corrected chi connectivity index (χ3v) is 4.84. The van der Waals surface area contributed by atoms with Gasteiger partial charge in [0.25, 0.3) is 5.91 Å². The van der Waals surface area contributed by atoms with Crippen molar-refractivity contribution in [3.05, 3.63) is 28.7 Å². The normalized spacial score (nSPS) is 19.5. The topological polar surface area (TPSA) is 51.1 Å². The molecule has 1 saturated heterocycles. The zero-order valence-corrected chi connectivity index (χ0v) is 14.9. The van der Waals surface area contributed by atoms with Gasteiger partial charge in [-0.05, 0) is 48.9 Å². The number of hydrogen-bond donors (Lipinski definition) is 0. The van der Waals surface area contributed by atoms with Crippen LogP contribution in [0.5, 0.6) is 11.5 Å². The van der Waals surface area contributed by atoms with E-state index in [4.69, 9.17) is 9.47 Å². The number of ether oxygens (including phenoxy) is 2. The summed E-state index contributed by atoms with van der Waals surface area (Å²) in [7, 11) is 4.90. The van der Waals surface area contributed by atoms with Crippen molar-refractivity contribution in [2.45, 2.75) is 26.3 Å². The van der Waals surface area contributed by atoms with Gasteiger partial charge >= 0.3 is 0 Å². The number of carbonyl (C=O) groups excluding carboxylic acids is 1. The Morgan fingerprint density at radius 3 is 2.57 bits per heavy atom. The second-order valence-electron chi connectivity index (χ2n) is 5.16. The highest BCUT2D eigenvalue weighted by atomic mass is 32.2. The van der Waals surface area contributed by atoms with Crippen LogP contribution < -0.4 is 9.47 Å². The first-order valence-electron chi connectivity index (χ1n) is 7.47. The van der Waals surface area contributed by atoms with E-state index in [0.717, 1.165) is 17.2 Å². The quantitative estimate of drug-likeness (QED) is 0.775. The second kappa shape index (κ2) is 7.55. The molecule has 5 nitrogen and oxygen atoms in total. The first-order valence-corrected chi connectivity index (χ1v) is 8.29. The molecule has 0 bridgehead atoms. The third-order valence-electron chi connectivity index (χ3n) is 3.77. The maximum Gasteiger partial charge on any atom is 0.266 e. The van der Waals surface area contributed by atoms with Gasteiger partial charge in [-0.25, -0.2) is 0 Å². The highest BCUT2D eigenvalue weighted by molar-refractivity contribution is 8.18. The fourth-order valence-electron chi connectivity index (χ4n) is 2.31. The highest BCUT2D eigenvalue weighted by Crippen LogP contribution is 2.35. The van der Waals surface area contributed by atoms with Crippen molar-refractivity contribution < 1.29 is 14.3 Å². The monoisotopic (exact) mass is 334 g/mol. The Morgan fingerprint density at radius 1 is 1.30 bits per heavy atom. The van der Waals surface area contributed by atoms with Crippen molar-refractivity contribution in [3.63, 3.8) is 0 Å². The summed E-state index contributed by atoms with van der Waals surface area (Å²) in [5, 5.41) is 0.746. The molecule has 6 heteroatoms. The fraction of sp³-hybridized carbons (Fsp3) is 0.412. The predicted octanol–water partition coefficient (Wildman–Crippen LogP) is 3.40. The Balaban J connectivity index is 2.35. The van der Waals surface area contributed by atoms with E-state index in [-0.39, 0.29) is 11.9 Å². The van der Waals surface area contributed by atoms with Crippen LogP contribution in [0.4, 0.5) is 0 Å². The number of carbonyl (C=O) groups is 1. The number of hydrogen-bond acceptors (Lipinski definition) is 5. The van der Waals surface area contributed by atoms with Crippen molar-refractivity contribution in [3.8, 4) is 11.5 Å². The van der Waals surface area contributed by atoms with Crippen LogP contribution in [-0.4, -0.2) is 43.3 Å². The summed E-state index contributed by atoms with van der Waals surface area (Å²) in [4.78, 5) is 19.3. The molecule has 124 valence electrons. The number of amides is 1. The number of amidine groups is 1. The van der Waals surface area contributed by atoms with Crippen LogP contribution in [-0.2, 0) is 4.79 Å². The fourth-order valence-corrected chi connectivity index (χ4v) is 3.34. The first-order chi connectivity index (χ1) is 11.0. The zero-order chi connectivity index (χ0) is 17.0. The summed E-state index contributed by atoms with van der Waals surface area (Å²) in [5.74, 6) is 1.30. The smallest absolute Gasteiger partial charge is 0.266 e. The average Bonchev–Trinajstić information content (AvgIpc) is 2.89. The molecule has 1 heterocycles. The molecule has 1 atom stereocenters. The van der Waals surface area contributed by atoms with E-state index >= 15 is 0 Å². The van der Waals surface area contributed by atoms with Crippen molar-refractivity contribution in [2.75, 3.05) is 21.3 Å². The summed E-state index contributed by atoms with van der Waals surface area (Å²) in [6.07, 6.45) is 2.75. The number of aliphatic imine (C=N–C) groups is 1. The predicted molar refractivity (Wildman–Crippen MR) is 95.1 cm³/mol. The Hall–Kier alpha value is -1.95. The minimum absolute atomic E-state index is 0.000245. The molecule has 1 aliphatic heterocycles. The van der Waals surface area contributed by atoms with Gasteiger partial charge in [-0.3, -0.25) is 14.7 Å². The molecule has 0 saturated carbocycles. The summed E-state index contributed by atoms with van der Waals surface area (Å²) in [6, 6.07) is 5.71. The number of methoxy groups -OCH3 is 2. The molecule has 1 aliphatic rings. The lowest BCUT2D eigenvalue weighted by atomic mass is 10.1. The van der Waals surface area contributed by atoms with Crippen molar-refractivity contribution in [2.24, 2.45) is 4.99 Å². The van der Waals surface area contributed by atoms with E-state index in [2.05, 4.69) is 11.9 Å². The summed E-state index contributed by atoms with van der Waals surface area (Å²) >= 11 is 1.40. The Kier molecular flexibility index (Phi) is 5.71. The SMILES string of the molecule is CC[C@H](C)N1C(=O)/C(=C\c2ccc(OC)c(OC)c2)SC1=NC. The second-order valence-corrected chi connectivity index (χ2v) is 6.17. The largest absolute Gasteiger partial charge is 0.493 e. The van der Waals surface area contributed by atoms with Gasteiger partial charge in [0.15, 0.2) is 16.7 Å². The van der Waals surface area contributed by atoms with Crippen LogP contribution in [0.1, 0.15) is 25.8 Å². The van der Waals surface area contributed by atoms with Crippen molar-refractivity contribution >= 4 is 28.9 Å². The number of rotatable bonds is 5. The van der Waals surface area contributed by atoms with E-state index in [0.29, 0.717) is 16.4 Å². The number of thioether (sulfide) groups is 1. The van der Waals surface area contributed by atoms with Gasteiger partial charge in [0.2, 0.25) is 0 Å². The molecule has 1 aromatic carbocycles. The zero-order valence-electron chi connectivity index (χ0n) is 14.1. The summed E-state index contributed by atoms with van der Waals surface area (Å²) in [5.41, 5.74) is 0.889. The van der Waals surface area contributed by atoms with Gasteiger partial charge < -0.3 is 9.47 Å². The van der Waals surface area contributed by atoms with Crippen LogP contribution in [0.3, 0.4) is 0 Å². The molecule has 0 aliphatic carbocycles. The molecule has 0 unspecified atom stereocenters. The minimum atomic E-state index is -0.000245. The standard InChI is InChI=1S/C17H22N2O3S/c1-6-11(2)19-16(20)15(23-17(19)18-3)10-12-7-8-13(21-4)14(9-12)22-5/h7-11H,6H2,1-5H3/b15-10+,18-17?/t11-/m0/s1. The number of benzene rings is 1. The Labute approximate surface area is 141 Å².